The summed E-state index contributed by atoms with van der Waals surface area (Å²) in [5, 5.41) is 24.2. The highest BCUT2D eigenvalue weighted by molar-refractivity contribution is 5.75. The Morgan fingerprint density at radius 2 is 1.88 bits per heavy atom. The number of hydrogen-bond acceptors (Lipinski definition) is 4. The number of quaternary nitrogens is 1. The van der Waals surface area contributed by atoms with Gasteiger partial charge in [-0.2, -0.15) is 13.2 Å². The molecule has 0 spiro atoms. The molecule has 0 saturated heterocycles. The summed E-state index contributed by atoms with van der Waals surface area (Å²) in [4.78, 5) is 22.7. The molecule has 0 aliphatic carbocycles. The molecule has 0 fully saturated rings. The zero-order valence-corrected chi connectivity index (χ0v) is 12.9. The van der Waals surface area contributed by atoms with Crippen molar-refractivity contribution in [2.45, 2.75) is 12.7 Å². The Morgan fingerprint density at radius 3 is 2.54 bits per heavy atom. The maximum atomic E-state index is 13.3. The van der Waals surface area contributed by atoms with Crippen molar-refractivity contribution in [2.24, 2.45) is 0 Å². The summed E-state index contributed by atoms with van der Waals surface area (Å²) in [5.41, 5.74) is -0.915. The largest absolute Gasteiger partial charge is 0.617 e. The minimum atomic E-state index is -4.55. The van der Waals surface area contributed by atoms with Gasteiger partial charge in [0.25, 0.3) is 5.69 Å². The minimum Gasteiger partial charge on any atom is -0.617 e. The molecular weight excluding hydrogens is 355 g/mol. The molecule has 0 N–H and O–H groups in total. The normalized spacial score (nSPS) is 20.9. The number of hydroxylamine groups is 2. The van der Waals surface area contributed by atoms with Gasteiger partial charge in [-0.1, -0.05) is 6.07 Å². The van der Waals surface area contributed by atoms with Gasteiger partial charge in [-0.3, -0.25) is 10.1 Å². The maximum Gasteiger partial charge on any atom is 0.429 e. The van der Waals surface area contributed by atoms with Gasteiger partial charge in [0.1, 0.15) is 11.3 Å². The van der Waals surface area contributed by atoms with E-state index in [1.165, 1.54) is 12.1 Å². The van der Waals surface area contributed by atoms with Gasteiger partial charge in [0.15, 0.2) is 0 Å². The van der Waals surface area contributed by atoms with Gasteiger partial charge in [-0.25, -0.2) is 4.65 Å². The number of fused-ring (bicyclic) bond motifs is 4. The first-order valence-corrected chi connectivity index (χ1v) is 7.39. The number of benzene rings is 2. The first kappa shape index (κ1) is 16.4. The van der Waals surface area contributed by atoms with Crippen LogP contribution in [0.5, 0.6) is 0 Å². The summed E-state index contributed by atoms with van der Waals surface area (Å²) in [6.07, 6.45) is -3.44. The van der Waals surface area contributed by atoms with E-state index in [1.54, 1.807) is 0 Å². The van der Waals surface area contributed by atoms with Gasteiger partial charge in [0, 0.05) is 22.6 Å². The molecule has 2 aliphatic rings. The molecule has 1 unspecified atom stereocenters. The minimum absolute atomic E-state index is 0.0161. The van der Waals surface area contributed by atoms with E-state index < -0.39 is 21.3 Å². The Kier molecular flexibility index (Phi) is 3.12. The summed E-state index contributed by atoms with van der Waals surface area (Å²) in [6.45, 7) is -0.275. The monoisotopic (exact) mass is 364 g/mol. The second-order valence-corrected chi connectivity index (χ2v) is 6.04. The third-order valence-electron chi connectivity index (χ3n) is 4.51. The third kappa shape index (κ3) is 2.16. The molecule has 7 nitrogen and oxygen atoms in total. The molecule has 2 heterocycles. The Hall–Kier alpha value is -3.11. The predicted molar refractivity (Wildman–Crippen MR) is 84.7 cm³/mol. The molecule has 1 atom stereocenters. The zero-order chi connectivity index (χ0) is 18.9. The molecule has 0 amide bonds. The molecule has 4 rings (SSSR count). The molecule has 10 heteroatoms. The molecule has 0 aromatic heterocycles. The second-order valence-electron chi connectivity index (χ2n) is 6.04. The number of nitroso groups, excluding NO2 is 1. The molecule has 0 radical (unpaired) electrons. The number of non-ortho nitro benzene ring substituents is 1. The average Bonchev–Trinajstić information content (AvgIpc) is 2.79. The number of nitro benzene ring substituents is 1. The summed E-state index contributed by atoms with van der Waals surface area (Å²) >= 11 is 0. The number of nitro groups is 1. The summed E-state index contributed by atoms with van der Waals surface area (Å²) in [7, 11) is 0. The topological polar surface area (TPSA) is 86.3 Å². The highest BCUT2D eigenvalue weighted by atomic mass is 19.4. The van der Waals surface area contributed by atoms with Crippen LogP contribution in [0, 0.1) is 20.2 Å². The van der Waals surface area contributed by atoms with Crippen LogP contribution < -0.4 is 4.65 Å². The van der Waals surface area contributed by atoms with E-state index in [-0.39, 0.29) is 39.8 Å². The van der Waals surface area contributed by atoms with E-state index in [2.05, 4.69) is 0 Å². The number of rotatable bonds is 1. The van der Waals surface area contributed by atoms with E-state index in [0.29, 0.717) is 5.56 Å². The lowest BCUT2D eigenvalue weighted by atomic mass is 9.99. The van der Waals surface area contributed by atoms with Crippen molar-refractivity contribution in [1.29, 1.82) is 0 Å². The smallest absolute Gasteiger partial charge is 0.429 e. The van der Waals surface area contributed by atoms with Crippen molar-refractivity contribution in [3.63, 3.8) is 0 Å². The Labute approximate surface area is 143 Å². The standard InChI is InChI=1S/C16H9F3N3O4/c17-16(18,19)11-2-1-9-8-22(26)14-4-3-12(21(24)25)7-13(14)20(23)15(22)6-10(9)5-11/h1-7H,8H2/q+1. The quantitative estimate of drug-likeness (QED) is 0.247. The molecule has 2 aromatic rings. The molecular formula is C16H9F3N3O4+. The van der Waals surface area contributed by atoms with E-state index in [1.807, 2.05) is 0 Å². The number of hydrogen-bond donors (Lipinski definition) is 0. The van der Waals surface area contributed by atoms with Crippen molar-refractivity contribution < 1.29 is 22.9 Å². The molecule has 2 aromatic carbocycles. The molecule has 0 saturated carbocycles. The fourth-order valence-electron chi connectivity index (χ4n) is 3.24. The van der Waals surface area contributed by atoms with Crippen molar-refractivity contribution in [3.8, 4) is 0 Å². The van der Waals surface area contributed by atoms with E-state index in [9.17, 15) is 33.4 Å². The van der Waals surface area contributed by atoms with Crippen LogP contribution in [0.15, 0.2) is 42.2 Å². The predicted octanol–water partition coefficient (Wildman–Crippen LogP) is 4.35. The lowest BCUT2D eigenvalue weighted by Gasteiger charge is -2.35. The van der Waals surface area contributed by atoms with Crippen LogP contribution in [0.4, 0.5) is 30.2 Å². The van der Waals surface area contributed by atoms with E-state index in [4.69, 9.17) is 0 Å². The molecule has 26 heavy (non-hydrogen) atoms. The highest BCUT2D eigenvalue weighted by Crippen LogP contribution is 2.50. The van der Waals surface area contributed by atoms with Gasteiger partial charge in [0.05, 0.1) is 22.6 Å². The van der Waals surface area contributed by atoms with Crippen molar-refractivity contribution in [2.75, 3.05) is 0 Å². The van der Waals surface area contributed by atoms with Crippen LogP contribution in [0.2, 0.25) is 0 Å². The van der Waals surface area contributed by atoms with Crippen LogP contribution in [-0.4, -0.2) is 9.68 Å². The lowest BCUT2D eigenvalue weighted by molar-refractivity contribution is -0.412. The second kappa shape index (κ2) is 4.96. The zero-order valence-electron chi connectivity index (χ0n) is 12.9. The number of halogens is 3. The first-order chi connectivity index (χ1) is 12.1. The van der Waals surface area contributed by atoms with E-state index >= 15 is 0 Å². The highest BCUT2D eigenvalue weighted by Gasteiger charge is 2.55. The summed E-state index contributed by atoms with van der Waals surface area (Å²) < 4.78 is 37.7. The average molecular weight is 364 g/mol. The van der Waals surface area contributed by atoms with Crippen LogP contribution in [-0.2, 0) is 12.7 Å². The van der Waals surface area contributed by atoms with Crippen molar-refractivity contribution in [1.82, 2.24) is 4.65 Å². The molecule has 0 bridgehead atoms. The molecule has 132 valence electrons. The van der Waals surface area contributed by atoms with Gasteiger partial charge >= 0.3 is 17.7 Å². The lowest BCUT2D eigenvalue weighted by Crippen LogP contribution is -2.41. The van der Waals surface area contributed by atoms with Crippen LogP contribution in [0.3, 0.4) is 0 Å². The van der Waals surface area contributed by atoms with E-state index in [0.717, 1.165) is 30.3 Å². The van der Waals surface area contributed by atoms with Crippen LogP contribution >= 0.6 is 0 Å². The number of nitrogens with zero attached hydrogens (tertiary/aromatic N) is 3. The van der Waals surface area contributed by atoms with Gasteiger partial charge < -0.3 is 5.21 Å². The molecule has 2 aliphatic heterocycles. The maximum absolute atomic E-state index is 13.3. The van der Waals surface area contributed by atoms with Gasteiger partial charge in [-0.05, 0) is 17.7 Å². The van der Waals surface area contributed by atoms with Crippen LogP contribution in [0.25, 0.3) is 6.08 Å². The Morgan fingerprint density at radius 1 is 1.15 bits per heavy atom. The summed E-state index contributed by atoms with van der Waals surface area (Å²) in [6, 6.07) is 6.29. The van der Waals surface area contributed by atoms with Gasteiger partial charge in [0.2, 0.25) is 5.69 Å². The third-order valence-corrected chi connectivity index (χ3v) is 4.51. The SMILES string of the molecule is O=[N+]([O-])c1ccc2c(c1)[N+](=O)C1=Cc3cc(C(F)(F)F)ccc3C[N+]12[O-]. The van der Waals surface area contributed by atoms with Crippen molar-refractivity contribution in [3.05, 3.63) is 79.1 Å². The Bertz CT molecular complexity index is 1030. The van der Waals surface area contributed by atoms with Crippen molar-refractivity contribution >= 4 is 23.1 Å². The summed E-state index contributed by atoms with van der Waals surface area (Å²) in [5.74, 6) is -0.327. The van der Waals surface area contributed by atoms with Gasteiger partial charge in [-0.15, -0.1) is 0 Å². The van der Waals surface area contributed by atoms with Crippen LogP contribution in [0.1, 0.15) is 16.7 Å². The fraction of sp³-hybridized carbons (Fsp3) is 0.125. The number of alkyl halides is 3. The first-order valence-electron chi connectivity index (χ1n) is 7.39. The fourth-order valence-corrected chi connectivity index (χ4v) is 3.24. The Balaban J connectivity index is 1.88.